The summed E-state index contributed by atoms with van der Waals surface area (Å²) >= 11 is 0. The Bertz CT molecular complexity index is 5880. The summed E-state index contributed by atoms with van der Waals surface area (Å²) in [6, 6.07) is 96.9. The van der Waals surface area contributed by atoms with E-state index in [1.807, 2.05) is 30.3 Å². The Balaban J connectivity index is 0.00000266. The van der Waals surface area contributed by atoms with Crippen LogP contribution in [-0.2, 0) is 34.1 Å². The van der Waals surface area contributed by atoms with Gasteiger partial charge in [0.15, 0.2) is 0 Å². The van der Waals surface area contributed by atoms with Crippen LogP contribution in [0.4, 0.5) is 0 Å². The van der Waals surface area contributed by atoms with Crippen LogP contribution >= 0.6 is 0 Å². The third-order valence-electron chi connectivity index (χ3n) is 18.3. The Kier molecular flexibility index (Phi) is 17.1. The van der Waals surface area contributed by atoms with Gasteiger partial charge < -0.3 is 25.4 Å². The van der Waals surface area contributed by atoms with Gasteiger partial charge in [-0.05, 0) is 149 Å². The second-order valence-electron chi connectivity index (χ2n) is 24.0. The van der Waals surface area contributed by atoms with Crippen molar-refractivity contribution in [1.82, 2.24) is 39.9 Å². The van der Waals surface area contributed by atoms with Gasteiger partial charge in [0.05, 0.1) is 45.6 Å². The van der Waals surface area contributed by atoms with Crippen LogP contribution in [0.25, 0.3) is 193 Å². The fourth-order valence-electron chi connectivity index (χ4n) is 14.0. The third-order valence-corrected chi connectivity index (χ3v) is 18.3. The van der Waals surface area contributed by atoms with Gasteiger partial charge in [0.1, 0.15) is 0 Å². The molecule has 10 heterocycles. The summed E-state index contributed by atoms with van der Waals surface area (Å²) in [6.45, 7) is 0. The summed E-state index contributed by atoms with van der Waals surface area (Å²) in [7, 11) is 0. The average molecular weight is 1350 g/mol. The van der Waals surface area contributed by atoms with Gasteiger partial charge in [-0.25, -0.2) is 19.9 Å². The van der Waals surface area contributed by atoms with Gasteiger partial charge in [-0.2, -0.15) is 0 Å². The largest absolute Gasteiger partial charge is 2.00 e. The van der Waals surface area contributed by atoms with E-state index in [2.05, 4.69) is 297 Å². The molecule has 18 rings (SSSR count). The summed E-state index contributed by atoms with van der Waals surface area (Å²) < 4.78 is 0. The van der Waals surface area contributed by atoms with E-state index in [0.717, 1.165) is 190 Å². The van der Waals surface area contributed by atoms with Gasteiger partial charge in [0.25, 0.3) is 0 Å². The van der Waals surface area contributed by atoms with E-state index in [1.165, 1.54) is 0 Å². The van der Waals surface area contributed by atoms with E-state index in [0.29, 0.717) is 0 Å². The molecule has 0 radical (unpaired) electrons. The van der Waals surface area contributed by atoms with E-state index in [9.17, 15) is 0 Å². The quantitative estimate of drug-likeness (QED) is 0.130. The summed E-state index contributed by atoms with van der Waals surface area (Å²) in [5, 5.41) is 0. The summed E-state index contributed by atoms with van der Waals surface area (Å²) in [4.78, 5) is 45.4. The first kappa shape index (κ1) is 63.0. The number of benzene rings is 8. The molecule has 0 saturated heterocycles. The van der Waals surface area contributed by atoms with Gasteiger partial charge in [0.2, 0.25) is 0 Å². The van der Waals surface area contributed by atoms with Crippen LogP contribution in [0, 0.1) is 0 Å². The van der Waals surface area contributed by atoms with E-state index < -0.39 is 0 Å². The number of fused-ring (bicyclic) bond motifs is 16. The number of nitrogens with zero attached hydrogens (tertiary/aromatic N) is 8. The van der Waals surface area contributed by atoms with E-state index in [4.69, 9.17) is 39.9 Å². The molecular weight excluding hydrogens is 1300 g/mol. The van der Waals surface area contributed by atoms with Gasteiger partial charge in [-0.1, -0.05) is 279 Å². The molecule has 0 aliphatic carbocycles. The molecule has 470 valence electrons. The van der Waals surface area contributed by atoms with Crippen LogP contribution in [-0.4, -0.2) is 25.4 Å². The first-order valence-electron chi connectivity index (χ1n) is 32.2. The standard InChI is InChI=1S/C88H54N8.2Fe.H2O/c1-8-24-55(25-9-1)80-65-41-44-69(90-65)83(58-30-14-4-15-31-58)73-49-52-77(94-73)87(78-53-50-74(95-78)84(59-32-16-5-17-33-59)70-45-42-66(80)91-70)63-39-23-22-38-62(63)64-54-79-85(60-34-18-6-19-35-60)75-47-46-71(92-75)81(56-26-10-2-11-27-56)67-40-43-68(89-67)82(57-28-12-3-13-29-57)72-48-51-76(93-72)86(88(64)96-79)61-36-20-7-21-37-61;;;/h1-54H;;;1H2/q-4;2*+2;. The first-order chi connectivity index (χ1) is 47.6. The Morgan fingerprint density at radius 2 is 0.394 bits per heavy atom. The molecule has 0 amide bonds. The zero-order valence-electron chi connectivity index (χ0n) is 53.0. The van der Waals surface area contributed by atoms with Gasteiger partial charge >= 0.3 is 34.1 Å². The maximum atomic E-state index is 5.98. The molecule has 0 saturated carbocycles. The minimum Gasteiger partial charge on any atom is -0.657 e. The number of hydrogen-bond donors (Lipinski definition) is 0. The van der Waals surface area contributed by atoms with Gasteiger partial charge in [-0.15, -0.1) is 44.1 Å². The zero-order valence-corrected chi connectivity index (χ0v) is 55.2. The average Bonchev–Trinajstić information content (AvgIpc) is 1.61. The molecule has 14 aromatic rings. The molecule has 9 nitrogen and oxygen atoms in total. The van der Waals surface area contributed by atoms with Crippen LogP contribution in [0.1, 0.15) is 45.6 Å². The van der Waals surface area contributed by atoms with Crippen molar-refractivity contribution in [2.75, 3.05) is 0 Å². The van der Waals surface area contributed by atoms with Crippen molar-refractivity contribution in [3.63, 3.8) is 0 Å². The van der Waals surface area contributed by atoms with Crippen molar-refractivity contribution in [2.24, 2.45) is 0 Å². The van der Waals surface area contributed by atoms with Crippen molar-refractivity contribution in [1.29, 1.82) is 0 Å². The normalized spacial score (nSPS) is 11.8. The molecule has 0 fully saturated rings. The van der Waals surface area contributed by atoms with Crippen molar-refractivity contribution in [3.8, 4) is 100 Å². The molecule has 0 spiro atoms. The van der Waals surface area contributed by atoms with Crippen LogP contribution in [0.2, 0.25) is 0 Å². The predicted molar refractivity (Wildman–Crippen MR) is 400 cm³/mol. The van der Waals surface area contributed by atoms with Crippen molar-refractivity contribution in [3.05, 3.63) is 325 Å². The summed E-state index contributed by atoms with van der Waals surface area (Å²) in [6.07, 6.45) is 17.0. The van der Waals surface area contributed by atoms with Crippen LogP contribution in [0.5, 0.6) is 0 Å². The maximum Gasteiger partial charge on any atom is 2.00 e. The smallest absolute Gasteiger partial charge is 0.657 e. The molecule has 4 aliphatic heterocycles. The Morgan fingerprint density at radius 3 is 0.677 bits per heavy atom. The summed E-state index contributed by atoms with van der Waals surface area (Å²) in [5.74, 6) is 0. The van der Waals surface area contributed by atoms with E-state index >= 15 is 0 Å². The predicted octanol–water partition coefficient (Wildman–Crippen LogP) is 20.3. The zero-order chi connectivity index (χ0) is 63.5. The number of rotatable bonds is 9. The van der Waals surface area contributed by atoms with Gasteiger partial charge in [-0.3, -0.25) is 0 Å². The molecule has 8 aromatic carbocycles. The molecule has 2 N–H and O–H groups in total. The van der Waals surface area contributed by atoms with Crippen molar-refractivity contribution in [2.45, 2.75) is 0 Å². The SMILES string of the molecule is C1=Cc2nc1c(-c1ccccc1)c1ccc([n-]1)c(-c1ccccc1)c1nc(c(-c3ccccc3-c3cc4[n-]c3c(-c3ccccc3)c3nc(c(-c5ccccc5)c5ccc([n-]5)c(-c5ccccc5)c5nc(c4-c4ccccc4)C=C5)C=C3)c3ccc([n-]3)c2-c2ccccc2)C=C1.O.[Fe+2].[Fe+2]. The topological polar surface area (TPSA) is 139 Å². The molecule has 0 atom stereocenters. The molecule has 6 aromatic heterocycles. The van der Waals surface area contributed by atoms with Crippen molar-refractivity contribution >= 4 is 92.7 Å². The van der Waals surface area contributed by atoms with Crippen molar-refractivity contribution < 1.29 is 39.6 Å². The third kappa shape index (κ3) is 11.5. The fourth-order valence-corrected chi connectivity index (χ4v) is 14.0. The molecular formula is C88H56Fe2N8O. The first-order valence-corrected chi connectivity index (χ1v) is 32.2. The maximum absolute atomic E-state index is 5.98. The van der Waals surface area contributed by atoms with Crippen LogP contribution < -0.4 is 19.9 Å². The monoisotopic (exact) mass is 1350 g/mol. The molecule has 11 heteroatoms. The Hall–Kier alpha value is -12.0. The second kappa shape index (κ2) is 26.9. The van der Waals surface area contributed by atoms with Gasteiger partial charge in [0, 0.05) is 0 Å². The van der Waals surface area contributed by atoms with Crippen LogP contribution in [0.3, 0.4) is 0 Å². The minimum absolute atomic E-state index is 0. The fraction of sp³-hybridized carbons (Fsp3) is 0. The summed E-state index contributed by atoms with van der Waals surface area (Å²) in [5.41, 5.74) is 29.3. The Morgan fingerprint density at radius 1 is 0.182 bits per heavy atom. The van der Waals surface area contributed by atoms with E-state index in [-0.39, 0.29) is 39.6 Å². The molecule has 0 unspecified atom stereocenters. The van der Waals surface area contributed by atoms with E-state index in [1.54, 1.807) is 0 Å². The number of hydrogen-bond acceptors (Lipinski definition) is 4. The number of aromatic nitrogens is 8. The van der Waals surface area contributed by atoms with Crippen LogP contribution in [0.15, 0.2) is 279 Å². The Labute approximate surface area is 592 Å². The minimum atomic E-state index is 0. The second-order valence-corrected chi connectivity index (χ2v) is 24.0. The molecule has 4 aliphatic rings. The molecule has 16 bridgehead atoms. The molecule has 99 heavy (non-hydrogen) atoms.